The normalized spacial score (nSPS) is 11.5. The summed E-state index contributed by atoms with van der Waals surface area (Å²) >= 11 is 0.789. The average molecular weight is 575 g/mol. The Morgan fingerprint density at radius 1 is 0.800 bits per heavy atom. The summed E-state index contributed by atoms with van der Waals surface area (Å²) in [5, 5.41) is 34.0. The van der Waals surface area contributed by atoms with Crippen LogP contribution in [0.4, 0.5) is 23.5 Å². The van der Waals surface area contributed by atoms with Crippen LogP contribution in [0.25, 0.3) is 10.8 Å². The van der Waals surface area contributed by atoms with Gasteiger partial charge in [-0.3, -0.25) is 0 Å². The lowest BCUT2D eigenvalue weighted by Gasteiger charge is -2.18. The zero-order valence-corrected chi connectivity index (χ0v) is 24.6. The van der Waals surface area contributed by atoms with Crippen LogP contribution in [0.1, 0.15) is 40.5 Å². The fraction of sp³-hybridized carbons (Fsp3) is 0.519. The van der Waals surface area contributed by atoms with Crippen LogP contribution >= 0.6 is 12.0 Å². The van der Waals surface area contributed by atoms with Crippen LogP contribution in [0.2, 0.25) is 0 Å². The van der Waals surface area contributed by atoms with Crippen LogP contribution in [0.15, 0.2) is 35.2 Å². The fourth-order valence-electron chi connectivity index (χ4n) is 4.30. The molecule has 40 heavy (non-hydrogen) atoms. The lowest BCUT2D eigenvalue weighted by molar-refractivity contribution is -0.432. The summed E-state index contributed by atoms with van der Waals surface area (Å²) in [5.41, 5.74) is 0.712. The van der Waals surface area contributed by atoms with Crippen molar-refractivity contribution in [3.63, 3.8) is 0 Å². The van der Waals surface area contributed by atoms with E-state index in [1.54, 1.807) is 0 Å². The van der Waals surface area contributed by atoms with Crippen molar-refractivity contribution in [3.05, 3.63) is 30.3 Å². The molecule has 0 amide bonds. The first kappa shape index (κ1) is 31.6. The largest absolute Gasteiger partial charge is 0.507 e. The number of aromatic hydroxyl groups is 1. The highest BCUT2D eigenvalue weighted by atomic mass is 32.2. The molecule has 0 bridgehead atoms. The molecule has 0 spiro atoms. The molecule has 0 aliphatic rings. The molecule has 0 radical (unpaired) electrons. The fourth-order valence-corrected chi connectivity index (χ4v) is 4.74. The Kier molecular flexibility index (Phi) is 13.4. The summed E-state index contributed by atoms with van der Waals surface area (Å²) in [6.45, 7) is 16.3. The van der Waals surface area contributed by atoms with Gasteiger partial charge in [0.2, 0.25) is 17.8 Å². The summed E-state index contributed by atoms with van der Waals surface area (Å²) in [6.07, 6.45) is 1.95. The first-order chi connectivity index (χ1) is 19.5. The molecule has 0 unspecified atom stereocenters. The average Bonchev–Trinajstić information content (AvgIpc) is 2.96. The Hall–Kier alpha value is -2.94. The molecule has 0 aliphatic heterocycles. The van der Waals surface area contributed by atoms with Crippen LogP contribution in [-0.2, 0) is 9.37 Å². The zero-order chi connectivity index (χ0) is 28.7. The minimum absolute atomic E-state index is 0.0620. The van der Waals surface area contributed by atoms with Gasteiger partial charge in [-0.25, -0.2) is 5.26 Å². The first-order valence-corrected chi connectivity index (χ1v) is 14.6. The highest BCUT2D eigenvalue weighted by molar-refractivity contribution is 7.94. The number of aromatic nitrogens is 3. The maximum atomic E-state index is 10.6. The number of anilines is 4. The SMILES string of the molecule is CCN(CC)CCCNc1nc(NCCCN(CC)CC)nc(Nc2ccc3cc(SOOO)cc(O)c3c2)n1. The highest BCUT2D eigenvalue weighted by Crippen LogP contribution is 2.34. The monoisotopic (exact) mass is 574 g/mol. The standard InChI is InChI=1S/C27H42N8O4S/c1-5-34(6-2)15-9-13-28-25-31-26(29-14-10-16-35(7-3)8-4)33-27(32-25)30-21-12-11-20-17-22(40-39-38-37)19-24(36)23(20)18-21/h11-12,17-19,36-37H,5-10,13-16H2,1-4H3,(H3,28,29,30,31,32,33). The summed E-state index contributed by atoms with van der Waals surface area (Å²) in [7, 11) is 0. The van der Waals surface area contributed by atoms with Crippen molar-refractivity contribution in [2.24, 2.45) is 0 Å². The topological polar surface area (TPSA) is 140 Å². The molecule has 1 heterocycles. The number of phenols is 1. The number of phenolic OH excluding ortho intramolecular Hbond substituents is 1. The summed E-state index contributed by atoms with van der Waals surface area (Å²) < 4.78 is 4.47. The lowest BCUT2D eigenvalue weighted by Crippen LogP contribution is -2.26. The van der Waals surface area contributed by atoms with Gasteiger partial charge in [-0.2, -0.15) is 15.0 Å². The van der Waals surface area contributed by atoms with Gasteiger partial charge < -0.3 is 30.9 Å². The molecule has 3 rings (SSSR count). The number of fused-ring (bicyclic) bond motifs is 1. The second-order valence-electron chi connectivity index (χ2n) is 9.15. The molecule has 0 saturated heterocycles. The van der Waals surface area contributed by atoms with Crippen molar-refractivity contribution in [2.45, 2.75) is 45.4 Å². The Morgan fingerprint density at radius 3 is 1.93 bits per heavy atom. The molecule has 5 N–H and O–H groups in total. The van der Waals surface area contributed by atoms with Crippen molar-refractivity contribution >= 4 is 46.3 Å². The van der Waals surface area contributed by atoms with Gasteiger partial charge in [-0.05, 0) is 81.8 Å². The van der Waals surface area contributed by atoms with E-state index in [2.05, 4.69) is 77.8 Å². The van der Waals surface area contributed by atoms with E-state index in [4.69, 9.17) is 5.26 Å². The smallest absolute Gasteiger partial charge is 0.233 e. The van der Waals surface area contributed by atoms with Crippen molar-refractivity contribution in [1.82, 2.24) is 24.8 Å². The van der Waals surface area contributed by atoms with E-state index in [1.165, 1.54) is 6.07 Å². The molecule has 0 saturated carbocycles. The third-order valence-electron chi connectivity index (χ3n) is 6.62. The Labute approximate surface area is 240 Å². The second kappa shape index (κ2) is 17.0. The van der Waals surface area contributed by atoms with Crippen LogP contribution in [0.5, 0.6) is 5.75 Å². The molecule has 0 fully saturated rings. The van der Waals surface area contributed by atoms with E-state index in [0.717, 1.165) is 82.6 Å². The molecule has 2 aromatic carbocycles. The van der Waals surface area contributed by atoms with Crippen LogP contribution in [-0.4, -0.2) is 87.5 Å². The Morgan fingerprint density at radius 2 is 1.38 bits per heavy atom. The van der Waals surface area contributed by atoms with Crippen molar-refractivity contribution in [1.29, 1.82) is 0 Å². The molecular formula is C27H42N8O4S. The second-order valence-corrected chi connectivity index (χ2v) is 9.92. The lowest BCUT2D eigenvalue weighted by atomic mass is 10.1. The summed E-state index contributed by atoms with van der Waals surface area (Å²) in [6, 6.07) is 8.89. The van der Waals surface area contributed by atoms with Gasteiger partial charge in [0.1, 0.15) is 5.75 Å². The van der Waals surface area contributed by atoms with E-state index in [0.29, 0.717) is 33.8 Å². The van der Waals surface area contributed by atoms with Gasteiger partial charge in [0.15, 0.2) is 0 Å². The Bertz CT molecular complexity index is 1140. The van der Waals surface area contributed by atoms with Crippen molar-refractivity contribution in [3.8, 4) is 5.75 Å². The summed E-state index contributed by atoms with van der Waals surface area (Å²) in [5.74, 6) is 1.46. The minimum Gasteiger partial charge on any atom is -0.507 e. The molecule has 0 atom stereocenters. The maximum absolute atomic E-state index is 10.6. The van der Waals surface area contributed by atoms with Gasteiger partial charge >= 0.3 is 0 Å². The third-order valence-corrected chi connectivity index (χ3v) is 7.17. The van der Waals surface area contributed by atoms with E-state index in [-0.39, 0.29) is 5.75 Å². The molecule has 220 valence electrons. The zero-order valence-electron chi connectivity index (χ0n) is 23.8. The van der Waals surface area contributed by atoms with Crippen LogP contribution in [0, 0.1) is 0 Å². The van der Waals surface area contributed by atoms with Gasteiger partial charge in [-0.15, -0.1) is 4.33 Å². The number of rotatable bonds is 19. The predicted octanol–water partition coefficient (Wildman–Crippen LogP) is 5.19. The van der Waals surface area contributed by atoms with Crippen molar-refractivity contribution in [2.75, 3.05) is 68.3 Å². The van der Waals surface area contributed by atoms with E-state index in [1.807, 2.05) is 24.3 Å². The van der Waals surface area contributed by atoms with Crippen molar-refractivity contribution < 1.29 is 19.7 Å². The Balaban J connectivity index is 1.74. The van der Waals surface area contributed by atoms with Crippen LogP contribution < -0.4 is 16.0 Å². The van der Waals surface area contributed by atoms with Gasteiger partial charge in [0.25, 0.3) is 0 Å². The van der Waals surface area contributed by atoms with Gasteiger partial charge in [-0.1, -0.05) is 38.8 Å². The molecular weight excluding hydrogens is 532 g/mol. The number of hydrogen-bond donors (Lipinski definition) is 5. The van der Waals surface area contributed by atoms with Crippen LogP contribution in [0.3, 0.4) is 0 Å². The molecule has 3 aromatic rings. The first-order valence-electron chi connectivity index (χ1n) is 13.9. The number of nitrogens with zero attached hydrogens (tertiary/aromatic N) is 5. The maximum Gasteiger partial charge on any atom is 0.233 e. The minimum atomic E-state index is 0.0620. The number of nitrogens with one attached hydrogen (secondary N) is 3. The van der Waals surface area contributed by atoms with Gasteiger partial charge in [0, 0.05) is 29.1 Å². The number of benzene rings is 2. The van der Waals surface area contributed by atoms with E-state index < -0.39 is 0 Å². The molecule has 13 heteroatoms. The molecule has 1 aromatic heterocycles. The number of hydrogen-bond acceptors (Lipinski definition) is 13. The highest BCUT2D eigenvalue weighted by Gasteiger charge is 2.10. The predicted molar refractivity (Wildman–Crippen MR) is 161 cm³/mol. The quantitative estimate of drug-likeness (QED) is 0.0556. The molecule has 12 nitrogen and oxygen atoms in total. The molecule has 0 aliphatic carbocycles. The van der Waals surface area contributed by atoms with E-state index in [9.17, 15) is 5.11 Å². The summed E-state index contributed by atoms with van der Waals surface area (Å²) in [4.78, 5) is 19.1. The van der Waals surface area contributed by atoms with E-state index >= 15 is 0 Å². The third kappa shape index (κ3) is 9.91. The van der Waals surface area contributed by atoms with Gasteiger partial charge in [0.05, 0.1) is 12.0 Å².